The summed E-state index contributed by atoms with van der Waals surface area (Å²) in [4.78, 5) is 16.5. The van der Waals surface area contributed by atoms with E-state index in [1.165, 1.54) is 12.1 Å². The standard InChI is InChI=1S/C15H17N3O4S/c1-17(10-8-12-5-3-4-9-16-12)14-7-6-13(23(2,21)22)11-15(14)18(19)20/h3-7,9,11H,8,10H2,1-2H3. The first-order valence-electron chi connectivity index (χ1n) is 6.88. The number of nitro benzene ring substituents is 1. The Morgan fingerprint density at radius 1 is 1.26 bits per heavy atom. The van der Waals surface area contributed by atoms with E-state index >= 15 is 0 Å². The van der Waals surface area contributed by atoms with Crippen molar-refractivity contribution in [2.75, 3.05) is 24.7 Å². The molecule has 0 aliphatic heterocycles. The van der Waals surface area contributed by atoms with Gasteiger partial charge in [-0.15, -0.1) is 0 Å². The van der Waals surface area contributed by atoms with Gasteiger partial charge in [-0.05, 0) is 24.3 Å². The Morgan fingerprint density at radius 3 is 2.57 bits per heavy atom. The molecule has 1 aromatic heterocycles. The topological polar surface area (TPSA) is 93.4 Å². The van der Waals surface area contributed by atoms with Crippen LogP contribution in [0.25, 0.3) is 0 Å². The number of rotatable bonds is 6. The Balaban J connectivity index is 2.25. The van der Waals surface area contributed by atoms with Crippen LogP contribution in [0.3, 0.4) is 0 Å². The van der Waals surface area contributed by atoms with E-state index in [9.17, 15) is 18.5 Å². The highest BCUT2D eigenvalue weighted by atomic mass is 32.2. The highest BCUT2D eigenvalue weighted by Gasteiger charge is 2.21. The number of benzene rings is 1. The predicted octanol–water partition coefficient (Wildman–Crippen LogP) is 2.07. The van der Waals surface area contributed by atoms with Crippen molar-refractivity contribution in [2.45, 2.75) is 11.3 Å². The Kier molecular flexibility index (Phi) is 4.95. The first-order valence-corrected chi connectivity index (χ1v) is 8.77. The molecule has 0 aliphatic carbocycles. The lowest BCUT2D eigenvalue weighted by Gasteiger charge is -2.19. The number of hydrogen-bond acceptors (Lipinski definition) is 6. The van der Waals surface area contributed by atoms with E-state index in [2.05, 4.69) is 4.98 Å². The quantitative estimate of drug-likeness (QED) is 0.592. The van der Waals surface area contributed by atoms with Gasteiger partial charge < -0.3 is 4.90 Å². The maximum Gasteiger partial charge on any atom is 0.293 e. The molecule has 7 nitrogen and oxygen atoms in total. The summed E-state index contributed by atoms with van der Waals surface area (Å²) in [7, 11) is -1.76. The van der Waals surface area contributed by atoms with Gasteiger partial charge >= 0.3 is 0 Å². The van der Waals surface area contributed by atoms with E-state index in [-0.39, 0.29) is 10.6 Å². The molecule has 0 amide bonds. The first kappa shape index (κ1) is 16.9. The molecule has 0 saturated carbocycles. The molecule has 2 rings (SSSR count). The lowest BCUT2D eigenvalue weighted by molar-refractivity contribution is -0.384. The molecule has 0 N–H and O–H groups in total. The Bertz CT molecular complexity index is 807. The Morgan fingerprint density at radius 2 is 2.00 bits per heavy atom. The molecular formula is C15H17N3O4S. The molecule has 0 bridgehead atoms. The maximum atomic E-state index is 11.6. The van der Waals surface area contributed by atoms with Crippen LogP contribution in [0.1, 0.15) is 5.69 Å². The van der Waals surface area contributed by atoms with Crippen molar-refractivity contribution in [3.63, 3.8) is 0 Å². The van der Waals surface area contributed by atoms with E-state index in [0.717, 1.165) is 18.0 Å². The monoisotopic (exact) mass is 335 g/mol. The van der Waals surface area contributed by atoms with Gasteiger partial charge in [-0.2, -0.15) is 0 Å². The molecule has 0 radical (unpaired) electrons. The second-order valence-corrected chi connectivity index (χ2v) is 7.19. The summed E-state index contributed by atoms with van der Waals surface area (Å²) in [6.45, 7) is 0.524. The molecule has 0 fully saturated rings. The van der Waals surface area contributed by atoms with Crippen LogP contribution in [0.4, 0.5) is 11.4 Å². The smallest absolute Gasteiger partial charge is 0.293 e. The van der Waals surface area contributed by atoms with E-state index in [1.54, 1.807) is 18.1 Å². The Labute approximate surface area is 134 Å². The zero-order valence-electron chi connectivity index (χ0n) is 12.8. The number of nitrogens with zero attached hydrogens (tertiary/aromatic N) is 3. The Hall–Kier alpha value is -2.48. The maximum absolute atomic E-state index is 11.6. The lowest BCUT2D eigenvalue weighted by Crippen LogP contribution is -2.21. The van der Waals surface area contributed by atoms with Crippen molar-refractivity contribution in [3.05, 3.63) is 58.4 Å². The number of anilines is 1. The van der Waals surface area contributed by atoms with Crippen LogP contribution in [-0.2, 0) is 16.3 Å². The van der Waals surface area contributed by atoms with Crippen molar-refractivity contribution in [3.8, 4) is 0 Å². The van der Waals surface area contributed by atoms with Gasteiger partial charge in [0.05, 0.1) is 9.82 Å². The molecule has 0 aliphatic rings. The van der Waals surface area contributed by atoms with Crippen LogP contribution in [0, 0.1) is 10.1 Å². The minimum atomic E-state index is -3.49. The molecule has 0 unspecified atom stereocenters. The van der Waals surface area contributed by atoms with E-state index in [0.29, 0.717) is 18.7 Å². The SMILES string of the molecule is CN(CCc1ccccn1)c1ccc(S(C)(=O)=O)cc1[N+](=O)[O-]. The molecule has 0 spiro atoms. The summed E-state index contributed by atoms with van der Waals surface area (Å²) in [5.74, 6) is 0. The van der Waals surface area contributed by atoms with Gasteiger partial charge in [0.1, 0.15) is 5.69 Å². The molecule has 8 heteroatoms. The largest absolute Gasteiger partial charge is 0.369 e. The van der Waals surface area contributed by atoms with Crippen LogP contribution < -0.4 is 4.90 Å². The van der Waals surface area contributed by atoms with Gasteiger partial charge in [0.25, 0.3) is 5.69 Å². The van der Waals surface area contributed by atoms with Crippen LogP contribution in [0.15, 0.2) is 47.5 Å². The van der Waals surface area contributed by atoms with Crippen molar-refractivity contribution in [2.24, 2.45) is 0 Å². The van der Waals surface area contributed by atoms with Crippen LogP contribution >= 0.6 is 0 Å². The van der Waals surface area contributed by atoms with Crippen LogP contribution in [0.2, 0.25) is 0 Å². The minimum Gasteiger partial charge on any atom is -0.369 e. The molecule has 23 heavy (non-hydrogen) atoms. The third-order valence-corrected chi connectivity index (χ3v) is 4.52. The normalized spacial score (nSPS) is 11.2. The zero-order chi connectivity index (χ0) is 17.0. The third kappa shape index (κ3) is 4.26. The number of pyridine rings is 1. The average molecular weight is 335 g/mol. The molecule has 0 saturated heterocycles. The molecule has 1 heterocycles. The zero-order valence-corrected chi connectivity index (χ0v) is 13.7. The third-order valence-electron chi connectivity index (χ3n) is 3.41. The lowest BCUT2D eigenvalue weighted by atomic mass is 10.2. The predicted molar refractivity (Wildman–Crippen MR) is 87.4 cm³/mol. The first-order chi connectivity index (χ1) is 10.8. The summed E-state index contributed by atoms with van der Waals surface area (Å²) >= 11 is 0. The molecule has 0 atom stereocenters. The number of sulfone groups is 1. The summed E-state index contributed by atoms with van der Waals surface area (Å²) in [5, 5.41) is 11.3. The number of likely N-dealkylation sites (N-methyl/N-ethyl adjacent to an activating group) is 1. The number of aromatic nitrogens is 1. The van der Waals surface area contributed by atoms with Crippen molar-refractivity contribution >= 4 is 21.2 Å². The summed E-state index contributed by atoms with van der Waals surface area (Å²) in [5.41, 5.74) is 1.03. The second kappa shape index (κ2) is 6.74. The van der Waals surface area contributed by atoms with Gasteiger partial charge in [-0.25, -0.2) is 8.42 Å². The van der Waals surface area contributed by atoms with Crippen molar-refractivity contribution < 1.29 is 13.3 Å². The van der Waals surface area contributed by atoms with Gasteiger partial charge in [-0.1, -0.05) is 6.07 Å². The van der Waals surface area contributed by atoms with Gasteiger partial charge in [0.2, 0.25) is 0 Å². The fourth-order valence-corrected chi connectivity index (χ4v) is 2.79. The van der Waals surface area contributed by atoms with E-state index in [4.69, 9.17) is 0 Å². The second-order valence-electron chi connectivity index (χ2n) is 5.17. The number of hydrogen-bond donors (Lipinski definition) is 0. The highest BCUT2D eigenvalue weighted by Crippen LogP contribution is 2.30. The molecule has 2 aromatic rings. The average Bonchev–Trinajstić information content (AvgIpc) is 2.52. The van der Waals surface area contributed by atoms with Gasteiger partial charge in [-0.3, -0.25) is 15.1 Å². The van der Waals surface area contributed by atoms with Crippen LogP contribution in [-0.4, -0.2) is 38.2 Å². The van der Waals surface area contributed by atoms with Gasteiger partial charge in [0.15, 0.2) is 9.84 Å². The van der Waals surface area contributed by atoms with E-state index < -0.39 is 14.8 Å². The van der Waals surface area contributed by atoms with E-state index in [1.807, 2.05) is 18.2 Å². The van der Waals surface area contributed by atoms with Crippen molar-refractivity contribution in [1.29, 1.82) is 0 Å². The fourth-order valence-electron chi connectivity index (χ4n) is 2.15. The summed E-state index contributed by atoms with van der Waals surface area (Å²) in [6, 6.07) is 9.53. The number of nitro groups is 1. The molecule has 122 valence electrons. The minimum absolute atomic E-state index is 0.0638. The van der Waals surface area contributed by atoms with Crippen molar-refractivity contribution in [1.82, 2.24) is 4.98 Å². The fraction of sp³-hybridized carbons (Fsp3) is 0.267. The molecular weight excluding hydrogens is 318 g/mol. The van der Waals surface area contributed by atoms with Crippen LogP contribution in [0.5, 0.6) is 0 Å². The highest BCUT2D eigenvalue weighted by molar-refractivity contribution is 7.90. The summed E-state index contributed by atoms with van der Waals surface area (Å²) < 4.78 is 23.1. The molecule has 1 aromatic carbocycles. The summed E-state index contributed by atoms with van der Waals surface area (Å²) in [6.07, 6.45) is 3.34. The van der Waals surface area contributed by atoms with Gasteiger partial charge in [0, 0.05) is 44.2 Å².